The maximum absolute atomic E-state index is 9.48. The van der Waals surface area contributed by atoms with Gasteiger partial charge in [0.2, 0.25) is 0 Å². The number of hydrogen-bond acceptors (Lipinski definition) is 11. The molecule has 0 fully saturated rings. The molecule has 0 atom stereocenters. The van der Waals surface area contributed by atoms with Crippen molar-refractivity contribution in [1.29, 1.82) is 21.0 Å². The van der Waals surface area contributed by atoms with Crippen molar-refractivity contribution in [3.8, 4) is 66.0 Å². The van der Waals surface area contributed by atoms with Gasteiger partial charge in [-0.15, -0.1) is 22.7 Å². The van der Waals surface area contributed by atoms with Gasteiger partial charge in [-0.2, -0.15) is 38.5 Å². The molecule has 0 bridgehead atoms. The van der Waals surface area contributed by atoms with Crippen LogP contribution < -0.4 is 0 Å². The minimum Gasteiger partial charge on any atom is -0.192 e. The van der Waals surface area contributed by atoms with E-state index in [1.54, 1.807) is 46.9 Å². The van der Waals surface area contributed by atoms with E-state index >= 15 is 0 Å². The van der Waals surface area contributed by atoms with Crippen LogP contribution in [-0.4, -0.2) is 8.75 Å². The minimum absolute atomic E-state index is 0.339. The summed E-state index contributed by atoms with van der Waals surface area (Å²) in [5.74, 6) is 0. The normalized spacial score (nSPS) is 11.3. The van der Waals surface area contributed by atoms with Gasteiger partial charge in [0.25, 0.3) is 0 Å². The Balaban J connectivity index is 1.35. The number of fused-ring (bicyclic) bond motifs is 2. The number of rotatable bonds is 4. The first-order chi connectivity index (χ1) is 20.6. The van der Waals surface area contributed by atoms with Crippen LogP contribution in [0.2, 0.25) is 0 Å². The van der Waals surface area contributed by atoms with Gasteiger partial charge in [-0.3, -0.25) is 0 Å². The van der Waals surface area contributed by atoms with Crippen molar-refractivity contribution >= 4 is 68.2 Å². The molecule has 0 radical (unpaired) electrons. The van der Waals surface area contributed by atoms with E-state index in [0.29, 0.717) is 22.3 Å². The van der Waals surface area contributed by atoms with Gasteiger partial charge < -0.3 is 0 Å². The molecule has 1 aliphatic heterocycles. The van der Waals surface area contributed by atoms with Crippen LogP contribution in [0.4, 0.5) is 11.4 Å². The van der Waals surface area contributed by atoms with Crippen molar-refractivity contribution in [3.05, 3.63) is 82.9 Å². The second-order valence-corrected chi connectivity index (χ2v) is 12.2. The van der Waals surface area contributed by atoms with Crippen molar-refractivity contribution < 1.29 is 0 Å². The van der Waals surface area contributed by atoms with Gasteiger partial charge in [0.05, 0.1) is 45.3 Å². The number of benzene rings is 3. The highest BCUT2D eigenvalue weighted by Crippen LogP contribution is 2.54. The van der Waals surface area contributed by atoms with Crippen LogP contribution in [0.15, 0.2) is 69.4 Å². The summed E-state index contributed by atoms with van der Waals surface area (Å²) in [5.41, 5.74) is 7.75. The van der Waals surface area contributed by atoms with Crippen LogP contribution in [0.1, 0.15) is 22.3 Å². The van der Waals surface area contributed by atoms with E-state index in [9.17, 15) is 21.0 Å². The highest BCUT2D eigenvalue weighted by Gasteiger charge is 2.28. The zero-order valence-electron chi connectivity index (χ0n) is 21.0. The molecule has 194 valence electrons. The lowest BCUT2D eigenvalue weighted by molar-refractivity contribution is 1.43. The molecular formula is C30H10N8S4. The molecule has 6 aromatic rings. The second-order valence-electron chi connectivity index (χ2n) is 8.97. The van der Waals surface area contributed by atoms with Crippen molar-refractivity contribution in [2.45, 2.75) is 0 Å². The Hall–Kier alpha value is -5.34. The van der Waals surface area contributed by atoms with Gasteiger partial charge in [0, 0.05) is 30.6 Å². The van der Waals surface area contributed by atoms with Gasteiger partial charge in [-0.1, -0.05) is 12.1 Å². The summed E-state index contributed by atoms with van der Waals surface area (Å²) >= 11 is 5.37. The molecule has 0 spiro atoms. The SMILES string of the molecule is N#Cc1ccc(-c2ccc(-c3c4c(c(-c5ccc(-c6ccc(C#N)c(C#N)c6)s5)c5nsnc35)N=S=N4)s2)cc1C#N. The third-order valence-electron chi connectivity index (χ3n) is 6.72. The first-order valence-electron chi connectivity index (χ1n) is 12.1. The summed E-state index contributed by atoms with van der Waals surface area (Å²) in [4.78, 5) is 3.79. The highest BCUT2D eigenvalue weighted by atomic mass is 32.1. The molecule has 7 rings (SSSR count). The zero-order chi connectivity index (χ0) is 28.8. The zero-order valence-corrected chi connectivity index (χ0v) is 24.3. The molecule has 42 heavy (non-hydrogen) atoms. The van der Waals surface area contributed by atoms with Crippen LogP contribution >= 0.6 is 34.4 Å². The summed E-state index contributed by atoms with van der Waals surface area (Å²) in [6.07, 6.45) is 0. The molecule has 0 N–H and O–H groups in total. The molecule has 3 aromatic carbocycles. The van der Waals surface area contributed by atoms with E-state index in [0.717, 1.165) is 87.3 Å². The molecule has 3 aromatic heterocycles. The number of thiophene rings is 2. The fourth-order valence-corrected chi connectivity index (χ4v) is 7.97. The Morgan fingerprint density at radius 3 is 1.36 bits per heavy atom. The molecule has 0 unspecified atom stereocenters. The third-order valence-corrected chi connectivity index (χ3v) is 10.1. The Morgan fingerprint density at radius 2 is 0.929 bits per heavy atom. The van der Waals surface area contributed by atoms with Gasteiger partial charge in [-0.05, 0) is 59.7 Å². The molecule has 0 aliphatic carbocycles. The van der Waals surface area contributed by atoms with Gasteiger partial charge >= 0.3 is 0 Å². The number of aromatic nitrogens is 2. The average Bonchev–Trinajstić information content (AvgIpc) is 3.86. The molecule has 4 heterocycles. The van der Waals surface area contributed by atoms with Crippen LogP contribution in [0.5, 0.6) is 0 Å². The summed E-state index contributed by atoms with van der Waals surface area (Å²) in [6, 6.07) is 26.8. The second kappa shape index (κ2) is 10.2. The Kier molecular flexibility index (Phi) is 6.25. The number of nitriles is 4. The molecular weight excluding hydrogens is 601 g/mol. The minimum atomic E-state index is 0.339. The van der Waals surface area contributed by atoms with Gasteiger partial charge in [0.1, 0.15) is 46.7 Å². The average molecular weight is 611 g/mol. The largest absolute Gasteiger partial charge is 0.192 e. The van der Waals surface area contributed by atoms with Crippen LogP contribution in [0.25, 0.3) is 52.8 Å². The quantitative estimate of drug-likeness (QED) is 0.195. The summed E-state index contributed by atoms with van der Waals surface area (Å²) in [7, 11) is 0. The van der Waals surface area contributed by atoms with E-state index in [4.69, 9.17) is 0 Å². The highest BCUT2D eigenvalue weighted by molar-refractivity contribution is 7.58. The summed E-state index contributed by atoms with van der Waals surface area (Å²) in [5, 5.41) is 37.5. The fraction of sp³-hybridized carbons (Fsp3) is 0. The first kappa shape index (κ1) is 25.6. The van der Waals surface area contributed by atoms with Crippen molar-refractivity contribution in [2.75, 3.05) is 0 Å². The van der Waals surface area contributed by atoms with E-state index in [-0.39, 0.29) is 0 Å². The summed E-state index contributed by atoms with van der Waals surface area (Å²) in [6.45, 7) is 0. The maximum atomic E-state index is 9.48. The van der Waals surface area contributed by atoms with Crippen LogP contribution in [0.3, 0.4) is 0 Å². The number of nitrogens with zero attached hydrogens (tertiary/aromatic N) is 8. The van der Waals surface area contributed by atoms with Gasteiger partial charge in [0.15, 0.2) is 0 Å². The van der Waals surface area contributed by atoms with Crippen molar-refractivity contribution in [2.24, 2.45) is 8.73 Å². The lowest BCUT2D eigenvalue weighted by Crippen LogP contribution is -1.85. The van der Waals surface area contributed by atoms with Gasteiger partial charge in [-0.25, -0.2) is 0 Å². The van der Waals surface area contributed by atoms with E-state index < -0.39 is 0 Å². The van der Waals surface area contributed by atoms with E-state index in [1.165, 1.54) is 0 Å². The standard InChI is InChI=1S/C30H10N8S4/c31-11-17-3-1-15(9-19(17)13-33)21-5-7-23(39-21)25-27-29(37-41-35-27)26(30-28(25)36-42-38-30)24-8-6-22(40-24)16-2-4-18(12-32)20(10-16)14-34/h1-10H. The molecule has 8 nitrogen and oxygen atoms in total. The van der Waals surface area contributed by atoms with Crippen molar-refractivity contribution in [1.82, 2.24) is 8.75 Å². The lowest BCUT2D eigenvalue weighted by Gasteiger charge is -2.09. The third kappa shape index (κ3) is 4.03. The topological polar surface area (TPSA) is 146 Å². The predicted molar refractivity (Wildman–Crippen MR) is 165 cm³/mol. The Morgan fingerprint density at radius 1 is 0.500 bits per heavy atom. The predicted octanol–water partition coefficient (Wildman–Crippen LogP) is 8.70. The Bertz CT molecular complexity index is 2200. The van der Waals surface area contributed by atoms with Crippen molar-refractivity contribution in [3.63, 3.8) is 0 Å². The lowest BCUT2D eigenvalue weighted by atomic mass is 10.0. The first-order valence-corrected chi connectivity index (χ1v) is 15.2. The molecule has 1 aliphatic rings. The fourth-order valence-electron chi connectivity index (χ4n) is 4.75. The van der Waals surface area contributed by atoms with Crippen LogP contribution in [0, 0.1) is 45.3 Å². The molecule has 0 saturated heterocycles. The van der Waals surface area contributed by atoms with E-state index in [2.05, 4.69) is 41.7 Å². The molecule has 12 heteroatoms. The van der Waals surface area contributed by atoms with E-state index in [1.807, 2.05) is 36.4 Å². The molecule has 0 amide bonds. The maximum Gasteiger partial charge on any atom is 0.116 e. The smallest absolute Gasteiger partial charge is 0.116 e. The Labute approximate surface area is 254 Å². The number of hydrogen-bond donors (Lipinski definition) is 0. The summed E-state index contributed by atoms with van der Waals surface area (Å²) < 4.78 is 18.7. The molecule has 0 saturated carbocycles. The van der Waals surface area contributed by atoms with Crippen LogP contribution in [-0.2, 0) is 11.4 Å². The monoisotopic (exact) mass is 610 g/mol.